The zero-order valence-electron chi connectivity index (χ0n) is 12.0. The van der Waals surface area contributed by atoms with Crippen LogP contribution in [0, 0.1) is 0 Å². The average molecular weight is 279 g/mol. The van der Waals surface area contributed by atoms with Crippen molar-refractivity contribution in [3.63, 3.8) is 0 Å². The minimum atomic E-state index is -0.513. The van der Waals surface area contributed by atoms with Gasteiger partial charge in [-0.15, -0.1) is 0 Å². The molecule has 0 aromatic heterocycles. The van der Waals surface area contributed by atoms with Gasteiger partial charge in [-0.25, -0.2) is 4.79 Å². The number of nitrogens with one attached hydrogen (secondary N) is 2. The van der Waals surface area contributed by atoms with Crippen molar-refractivity contribution in [2.45, 2.75) is 32.9 Å². The smallest absolute Gasteiger partial charge is 0.407 e. The molecule has 0 fully saturated rings. The molecule has 1 aromatic rings. The summed E-state index contributed by atoms with van der Waals surface area (Å²) < 4.78 is 5.13. The van der Waals surface area contributed by atoms with Crippen LogP contribution >= 0.6 is 0 Å². The predicted molar refractivity (Wildman–Crippen MR) is 77.2 cm³/mol. The molecule has 2 amide bonds. The van der Waals surface area contributed by atoms with Gasteiger partial charge >= 0.3 is 6.09 Å². The number of carbonyl (C=O) groups is 2. The lowest BCUT2D eigenvalue weighted by Crippen LogP contribution is -2.32. The normalized spacial score (nSPS) is 10.8. The van der Waals surface area contributed by atoms with Gasteiger partial charge in [-0.3, -0.25) is 4.79 Å². The number of hydrogen-bond acceptors (Lipinski definition) is 4. The lowest BCUT2D eigenvalue weighted by Gasteiger charge is -2.19. The fourth-order valence-electron chi connectivity index (χ4n) is 1.41. The molecule has 0 unspecified atom stereocenters. The predicted octanol–water partition coefficient (Wildman–Crippen LogP) is 1.61. The lowest BCUT2D eigenvalue weighted by molar-refractivity contribution is -0.114. The minimum absolute atomic E-state index is 0.0536. The summed E-state index contributed by atoms with van der Waals surface area (Å²) in [6.07, 6.45) is -0.460. The highest BCUT2D eigenvalue weighted by Gasteiger charge is 2.15. The summed E-state index contributed by atoms with van der Waals surface area (Å²) in [5.74, 6) is -0.246. The molecule has 0 saturated heterocycles. The summed E-state index contributed by atoms with van der Waals surface area (Å²) in [6, 6.07) is 7.12. The maximum Gasteiger partial charge on any atom is 0.407 e. The molecule has 0 aliphatic carbocycles. The van der Waals surface area contributed by atoms with Crippen LogP contribution in [0.5, 0.6) is 0 Å². The number of alkyl carbamates (subject to hydrolysis) is 1. The van der Waals surface area contributed by atoms with Crippen LogP contribution in [0.4, 0.5) is 10.5 Å². The zero-order valence-corrected chi connectivity index (χ0v) is 12.0. The maximum atomic E-state index is 11.5. The SMILES string of the molecule is CC(C)(C)OC(=O)NCc1ccc(NC(=O)CN)cc1. The van der Waals surface area contributed by atoms with E-state index in [1.807, 2.05) is 32.9 Å². The summed E-state index contributed by atoms with van der Waals surface area (Å²) in [4.78, 5) is 22.6. The van der Waals surface area contributed by atoms with E-state index < -0.39 is 11.7 Å². The quantitative estimate of drug-likeness (QED) is 0.780. The molecule has 20 heavy (non-hydrogen) atoms. The highest BCUT2D eigenvalue weighted by atomic mass is 16.6. The number of benzene rings is 1. The Morgan fingerprint density at radius 1 is 1.20 bits per heavy atom. The van der Waals surface area contributed by atoms with Gasteiger partial charge in [0.2, 0.25) is 5.91 Å². The molecule has 6 nitrogen and oxygen atoms in total. The van der Waals surface area contributed by atoms with E-state index in [2.05, 4.69) is 10.6 Å². The Morgan fingerprint density at radius 2 is 1.80 bits per heavy atom. The topological polar surface area (TPSA) is 93.5 Å². The molecule has 0 atom stereocenters. The Hall–Kier alpha value is -2.08. The third-order valence-electron chi connectivity index (χ3n) is 2.26. The highest BCUT2D eigenvalue weighted by Crippen LogP contribution is 2.10. The number of nitrogens with two attached hydrogens (primary N) is 1. The first kappa shape index (κ1) is 16.0. The van der Waals surface area contributed by atoms with Gasteiger partial charge in [0, 0.05) is 12.2 Å². The van der Waals surface area contributed by atoms with Crippen molar-refractivity contribution in [3.8, 4) is 0 Å². The van der Waals surface area contributed by atoms with Crippen molar-refractivity contribution in [1.29, 1.82) is 0 Å². The largest absolute Gasteiger partial charge is 0.444 e. The number of amides is 2. The number of rotatable bonds is 4. The van der Waals surface area contributed by atoms with Gasteiger partial charge < -0.3 is 21.1 Å². The molecule has 0 aliphatic heterocycles. The summed E-state index contributed by atoms with van der Waals surface area (Å²) in [5, 5.41) is 5.30. The molecule has 0 heterocycles. The van der Waals surface area contributed by atoms with Crippen LogP contribution < -0.4 is 16.4 Å². The molecule has 1 rings (SSSR count). The second kappa shape index (κ2) is 6.91. The summed E-state index contributed by atoms with van der Waals surface area (Å²) in [5.41, 5.74) is 6.27. The number of anilines is 1. The van der Waals surface area contributed by atoms with Gasteiger partial charge in [0.1, 0.15) is 5.60 Å². The van der Waals surface area contributed by atoms with Crippen LogP contribution in [0.25, 0.3) is 0 Å². The summed E-state index contributed by atoms with van der Waals surface area (Å²) in [6.45, 7) is 5.73. The van der Waals surface area contributed by atoms with Crippen molar-refractivity contribution in [2.24, 2.45) is 5.73 Å². The molecule has 0 aliphatic rings. The second-order valence-electron chi connectivity index (χ2n) is 5.30. The Balaban J connectivity index is 2.46. The number of ether oxygens (including phenoxy) is 1. The zero-order chi connectivity index (χ0) is 15.2. The average Bonchev–Trinajstić information content (AvgIpc) is 2.36. The van der Waals surface area contributed by atoms with Gasteiger partial charge in [-0.2, -0.15) is 0 Å². The Kier molecular flexibility index (Phi) is 5.52. The van der Waals surface area contributed by atoms with Crippen molar-refractivity contribution in [2.75, 3.05) is 11.9 Å². The molecule has 0 saturated carbocycles. The molecular weight excluding hydrogens is 258 g/mol. The van der Waals surface area contributed by atoms with Crippen LogP contribution in [-0.4, -0.2) is 24.1 Å². The molecule has 6 heteroatoms. The van der Waals surface area contributed by atoms with Crippen molar-refractivity contribution in [3.05, 3.63) is 29.8 Å². The van der Waals surface area contributed by atoms with E-state index in [4.69, 9.17) is 10.5 Å². The van der Waals surface area contributed by atoms with Crippen LogP contribution in [0.1, 0.15) is 26.3 Å². The Labute approximate surface area is 118 Å². The number of hydrogen-bond donors (Lipinski definition) is 3. The first-order chi connectivity index (χ1) is 9.30. The van der Waals surface area contributed by atoms with Crippen LogP contribution in [0.2, 0.25) is 0 Å². The van der Waals surface area contributed by atoms with E-state index in [1.54, 1.807) is 12.1 Å². The van der Waals surface area contributed by atoms with E-state index in [9.17, 15) is 9.59 Å². The van der Waals surface area contributed by atoms with Gasteiger partial charge in [0.05, 0.1) is 6.54 Å². The van der Waals surface area contributed by atoms with Gasteiger partial charge in [0.15, 0.2) is 0 Å². The second-order valence-corrected chi connectivity index (χ2v) is 5.30. The van der Waals surface area contributed by atoms with Gasteiger partial charge in [-0.1, -0.05) is 12.1 Å². The van der Waals surface area contributed by atoms with Crippen molar-refractivity contribution < 1.29 is 14.3 Å². The van der Waals surface area contributed by atoms with Crippen LogP contribution in [0.3, 0.4) is 0 Å². The van der Waals surface area contributed by atoms with E-state index >= 15 is 0 Å². The number of carbonyl (C=O) groups excluding carboxylic acids is 2. The van der Waals surface area contributed by atoms with E-state index in [1.165, 1.54) is 0 Å². The van der Waals surface area contributed by atoms with Gasteiger partial charge in [-0.05, 0) is 38.5 Å². The lowest BCUT2D eigenvalue weighted by atomic mass is 10.2. The third-order valence-corrected chi connectivity index (χ3v) is 2.26. The molecule has 0 bridgehead atoms. The minimum Gasteiger partial charge on any atom is -0.444 e. The Bertz CT molecular complexity index is 464. The van der Waals surface area contributed by atoms with E-state index in [-0.39, 0.29) is 12.5 Å². The van der Waals surface area contributed by atoms with Crippen molar-refractivity contribution in [1.82, 2.24) is 5.32 Å². The maximum absolute atomic E-state index is 11.5. The summed E-state index contributed by atoms with van der Waals surface area (Å²) in [7, 11) is 0. The first-order valence-corrected chi connectivity index (χ1v) is 6.36. The molecule has 0 radical (unpaired) electrons. The summed E-state index contributed by atoms with van der Waals surface area (Å²) >= 11 is 0. The van der Waals surface area contributed by atoms with Crippen molar-refractivity contribution >= 4 is 17.7 Å². The Morgan fingerprint density at radius 3 is 2.30 bits per heavy atom. The highest BCUT2D eigenvalue weighted by molar-refractivity contribution is 5.92. The fraction of sp³-hybridized carbons (Fsp3) is 0.429. The van der Waals surface area contributed by atoms with Crippen LogP contribution in [-0.2, 0) is 16.1 Å². The molecular formula is C14H21N3O3. The molecule has 4 N–H and O–H groups in total. The molecule has 0 spiro atoms. The standard InChI is InChI=1S/C14H21N3O3/c1-14(2,3)20-13(19)16-9-10-4-6-11(7-5-10)17-12(18)8-15/h4-7H,8-9,15H2,1-3H3,(H,16,19)(H,17,18). The monoisotopic (exact) mass is 279 g/mol. The van der Waals surface area contributed by atoms with E-state index in [0.29, 0.717) is 12.2 Å². The van der Waals surface area contributed by atoms with E-state index in [0.717, 1.165) is 5.56 Å². The molecule has 1 aromatic carbocycles. The first-order valence-electron chi connectivity index (χ1n) is 6.36. The third kappa shape index (κ3) is 6.19. The van der Waals surface area contributed by atoms with Crippen LogP contribution in [0.15, 0.2) is 24.3 Å². The molecule has 110 valence electrons. The van der Waals surface area contributed by atoms with Gasteiger partial charge in [0.25, 0.3) is 0 Å². The fourth-order valence-corrected chi connectivity index (χ4v) is 1.41.